The van der Waals surface area contributed by atoms with Gasteiger partial charge in [0.05, 0.1) is 5.41 Å². The van der Waals surface area contributed by atoms with Gasteiger partial charge in [-0.05, 0) is 82.5 Å². The summed E-state index contributed by atoms with van der Waals surface area (Å²) in [4.78, 5) is 18.7. The van der Waals surface area contributed by atoms with Crippen molar-refractivity contribution in [2.24, 2.45) is 16.1 Å². The molecule has 0 saturated carbocycles. The zero-order chi connectivity index (χ0) is 21.7. The first-order chi connectivity index (χ1) is 13.4. The highest BCUT2D eigenvalue weighted by molar-refractivity contribution is 6.01. The van der Waals surface area contributed by atoms with Crippen LogP contribution >= 0.6 is 0 Å². The van der Waals surface area contributed by atoms with Crippen molar-refractivity contribution in [1.29, 1.82) is 0 Å². The van der Waals surface area contributed by atoms with E-state index in [9.17, 15) is 9.18 Å². The van der Waals surface area contributed by atoms with Crippen LogP contribution in [-0.2, 0) is 10.3 Å². The number of benzene rings is 2. The Bertz CT molecular complexity index is 1030. The molecule has 0 aliphatic carbocycles. The second-order valence-electron chi connectivity index (χ2n) is 8.60. The lowest BCUT2D eigenvalue weighted by Crippen LogP contribution is -2.58. The second-order valence-corrected chi connectivity index (χ2v) is 8.60. The smallest absolute Gasteiger partial charge is 0.237 e. The molecule has 0 spiro atoms. The lowest BCUT2D eigenvalue weighted by Gasteiger charge is -2.46. The average molecular weight is 397 g/mol. The number of rotatable bonds is 3. The number of nitrogens with one attached hydrogen (secondary N) is 1. The van der Waals surface area contributed by atoms with Crippen LogP contribution in [0.25, 0.3) is 0 Å². The van der Waals surface area contributed by atoms with Gasteiger partial charge in [0, 0.05) is 24.0 Å². The lowest BCUT2D eigenvalue weighted by molar-refractivity contribution is -0.140. The molecule has 1 aliphatic rings. The highest BCUT2D eigenvalue weighted by Gasteiger charge is 2.53. The molecule has 2 aromatic rings. The molecular weight excluding hydrogens is 367 g/mol. The molecule has 0 unspecified atom stereocenters. The van der Waals surface area contributed by atoms with Crippen LogP contribution in [0, 0.1) is 32.0 Å². The summed E-state index contributed by atoms with van der Waals surface area (Å²) >= 11 is 0. The van der Waals surface area contributed by atoms with Crippen LogP contribution < -0.4 is 11.1 Å². The van der Waals surface area contributed by atoms with Crippen LogP contribution in [0.3, 0.4) is 0 Å². The van der Waals surface area contributed by atoms with Gasteiger partial charge in [0.1, 0.15) is 11.4 Å². The van der Waals surface area contributed by atoms with Crippen molar-refractivity contribution in [3.05, 3.63) is 58.4 Å². The van der Waals surface area contributed by atoms with E-state index in [1.165, 1.54) is 22.1 Å². The van der Waals surface area contributed by atoms with E-state index < -0.39 is 16.8 Å². The summed E-state index contributed by atoms with van der Waals surface area (Å²) in [5.41, 5.74) is 9.38. The highest BCUT2D eigenvalue weighted by atomic mass is 19.1. The van der Waals surface area contributed by atoms with Crippen molar-refractivity contribution in [2.45, 2.75) is 47.1 Å². The van der Waals surface area contributed by atoms with Gasteiger partial charge in [0.25, 0.3) is 0 Å². The van der Waals surface area contributed by atoms with Gasteiger partial charge in [-0.3, -0.25) is 9.69 Å². The number of carbonyl (C=O) groups is 1. The van der Waals surface area contributed by atoms with E-state index in [-0.39, 0.29) is 11.9 Å². The third kappa shape index (κ3) is 3.26. The predicted molar refractivity (Wildman–Crippen MR) is 116 cm³/mol. The molecule has 0 fully saturated rings. The Morgan fingerprint density at radius 3 is 2.31 bits per heavy atom. The lowest BCUT2D eigenvalue weighted by atomic mass is 9.67. The van der Waals surface area contributed by atoms with E-state index in [0.717, 1.165) is 16.9 Å². The first kappa shape index (κ1) is 20.8. The largest absolute Gasteiger partial charge is 0.369 e. The van der Waals surface area contributed by atoms with Crippen molar-refractivity contribution in [3.8, 4) is 0 Å². The van der Waals surface area contributed by atoms with Crippen LogP contribution in [0.15, 0.2) is 35.3 Å². The normalized spacial score (nSPS) is 21.2. The maximum absolute atomic E-state index is 15.0. The molecule has 5 nitrogen and oxygen atoms in total. The molecule has 1 heterocycles. The van der Waals surface area contributed by atoms with Crippen LogP contribution in [0.2, 0.25) is 0 Å². The molecular formula is C23H29FN4O. The molecule has 2 aromatic carbocycles. The molecule has 0 saturated heterocycles. The number of amides is 1. The van der Waals surface area contributed by atoms with Crippen molar-refractivity contribution in [2.75, 3.05) is 12.4 Å². The van der Waals surface area contributed by atoms with Crippen LogP contribution in [-0.4, -0.2) is 23.8 Å². The molecule has 1 atom stereocenters. The number of halogens is 1. The van der Waals surface area contributed by atoms with Gasteiger partial charge in [0.2, 0.25) is 5.91 Å². The molecule has 29 heavy (non-hydrogen) atoms. The molecule has 0 bridgehead atoms. The predicted octanol–water partition coefficient (Wildman–Crippen LogP) is 4.52. The first-order valence-electron chi connectivity index (χ1n) is 9.67. The summed E-state index contributed by atoms with van der Waals surface area (Å²) in [5, 5.41) is 3.38. The summed E-state index contributed by atoms with van der Waals surface area (Å²) < 4.78 is 15.0. The molecule has 1 aliphatic heterocycles. The standard InChI is InChI=1S/C23H29FN4O/c1-13-10-15(3)19(11-14(13)2)26-16-8-9-18(24)17(12-16)23(6)22(4,5)20(29)28(7)21(25)27-23/h8-12,26H,1-7H3,(H2,25,27)/t23-/m1/s1. The maximum Gasteiger partial charge on any atom is 0.237 e. The summed E-state index contributed by atoms with van der Waals surface area (Å²) in [5.74, 6) is -0.535. The number of hydrogen-bond donors (Lipinski definition) is 2. The van der Waals surface area contributed by atoms with Gasteiger partial charge in [-0.2, -0.15) is 0 Å². The van der Waals surface area contributed by atoms with Gasteiger partial charge >= 0.3 is 0 Å². The number of guanidine groups is 1. The van der Waals surface area contributed by atoms with Gasteiger partial charge in [-0.1, -0.05) is 6.07 Å². The van der Waals surface area contributed by atoms with Gasteiger partial charge < -0.3 is 11.1 Å². The zero-order valence-electron chi connectivity index (χ0n) is 18.1. The Morgan fingerprint density at radius 1 is 1.03 bits per heavy atom. The van der Waals surface area contributed by atoms with E-state index in [1.54, 1.807) is 40.0 Å². The first-order valence-corrected chi connectivity index (χ1v) is 9.67. The summed E-state index contributed by atoms with van der Waals surface area (Å²) in [6.45, 7) is 11.5. The quantitative estimate of drug-likeness (QED) is 0.801. The van der Waals surface area contributed by atoms with Crippen LogP contribution in [0.5, 0.6) is 0 Å². The van der Waals surface area contributed by atoms with E-state index in [4.69, 9.17) is 5.73 Å². The number of hydrogen-bond acceptors (Lipinski definition) is 4. The summed E-state index contributed by atoms with van der Waals surface area (Å²) in [6, 6.07) is 9.01. The van der Waals surface area contributed by atoms with E-state index >= 15 is 0 Å². The molecule has 0 radical (unpaired) electrons. The SMILES string of the molecule is Cc1cc(C)c(Nc2ccc(F)c([C@@]3(C)N=C(N)N(C)C(=O)C3(C)C)c2)cc1C. The Balaban J connectivity index is 2.11. The third-order valence-electron chi connectivity index (χ3n) is 6.35. The Labute approximate surface area is 171 Å². The van der Waals surface area contributed by atoms with Gasteiger partial charge in [-0.25, -0.2) is 9.38 Å². The zero-order valence-corrected chi connectivity index (χ0v) is 18.1. The Hall–Kier alpha value is -2.89. The monoisotopic (exact) mass is 396 g/mol. The fourth-order valence-corrected chi connectivity index (χ4v) is 3.80. The van der Waals surface area contributed by atoms with Crippen molar-refractivity contribution < 1.29 is 9.18 Å². The molecule has 0 aromatic heterocycles. The van der Waals surface area contributed by atoms with E-state index in [1.807, 2.05) is 6.92 Å². The number of nitrogens with zero attached hydrogens (tertiary/aromatic N) is 2. The second kappa shape index (κ2) is 6.87. The number of nitrogens with two attached hydrogens (primary N) is 1. The third-order valence-corrected chi connectivity index (χ3v) is 6.35. The summed E-state index contributed by atoms with van der Waals surface area (Å²) in [7, 11) is 1.58. The molecule has 6 heteroatoms. The number of anilines is 2. The maximum atomic E-state index is 15.0. The molecule has 154 valence electrons. The number of carbonyl (C=O) groups excluding carboxylic acids is 1. The van der Waals surface area contributed by atoms with Crippen LogP contribution in [0.1, 0.15) is 43.0 Å². The van der Waals surface area contributed by atoms with Crippen molar-refractivity contribution >= 4 is 23.2 Å². The molecule has 3 N–H and O–H groups in total. The van der Waals surface area contributed by atoms with Crippen LogP contribution in [0.4, 0.5) is 15.8 Å². The highest BCUT2D eigenvalue weighted by Crippen LogP contribution is 2.47. The summed E-state index contributed by atoms with van der Waals surface area (Å²) in [6.07, 6.45) is 0. The number of aliphatic imine (C=N–C) groups is 1. The minimum Gasteiger partial charge on any atom is -0.369 e. The van der Waals surface area contributed by atoms with Gasteiger partial charge in [-0.15, -0.1) is 0 Å². The van der Waals surface area contributed by atoms with Gasteiger partial charge in [0.15, 0.2) is 5.96 Å². The number of aryl methyl sites for hydroxylation is 3. The molecule has 1 amide bonds. The Kier molecular flexibility index (Phi) is 4.93. The van der Waals surface area contributed by atoms with Crippen molar-refractivity contribution in [3.63, 3.8) is 0 Å². The fraction of sp³-hybridized carbons (Fsp3) is 0.391. The Morgan fingerprint density at radius 2 is 1.66 bits per heavy atom. The van der Waals surface area contributed by atoms with E-state index in [2.05, 4.69) is 36.3 Å². The average Bonchev–Trinajstić information content (AvgIpc) is 2.64. The topological polar surface area (TPSA) is 70.7 Å². The minimum absolute atomic E-state index is 0.0830. The molecule has 3 rings (SSSR count). The minimum atomic E-state index is -1.14. The van der Waals surface area contributed by atoms with E-state index in [0.29, 0.717) is 5.56 Å². The fourth-order valence-electron chi connectivity index (χ4n) is 3.80. The van der Waals surface area contributed by atoms with Crippen molar-refractivity contribution in [1.82, 2.24) is 4.90 Å².